The van der Waals surface area contributed by atoms with Gasteiger partial charge in [0.1, 0.15) is 0 Å². The summed E-state index contributed by atoms with van der Waals surface area (Å²) in [7, 11) is 1.82. The van der Waals surface area contributed by atoms with Gasteiger partial charge in [0.05, 0.1) is 4.55 Å². The molecule has 0 aromatic rings. The molecule has 0 radical (unpaired) electrons. The molecule has 0 aliphatic heterocycles. The molecule has 10 heavy (non-hydrogen) atoms. The molecule has 0 rings (SSSR count). The van der Waals surface area contributed by atoms with Gasteiger partial charge in [-0.3, -0.25) is 4.79 Å². The molecule has 0 heterocycles. The SMILES string of the molecule is CN(CI)C(=O)C(C)(C)C. The number of carbonyl (C=O) groups excluding carboxylic acids is 1. The highest BCUT2D eigenvalue weighted by atomic mass is 127. The van der Waals surface area contributed by atoms with E-state index in [9.17, 15) is 4.79 Å². The van der Waals surface area contributed by atoms with Gasteiger partial charge in [0.25, 0.3) is 0 Å². The Morgan fingerprint density at radius 2 is 1.90 bits per heavy atom. The van der Waals surface area contributed by atoms with Gasteiger partial charge in [-0.15, -0.1) is 0 Å². The van der Waals surface area contributed by atoms with E-state index in [4.69, 9.17) is 0 Å². The lowest BCUT2D eigenvalue weighted by Crippen LogP contribution is -2.35. The van der Waals surface area contributed by atoms with Crippen LogP contribution in [-0.4, -0.2) is 22.4 Å². The molecule has 60 valence electrons. The van der Waals surface area contributed by atoms with Crippen molar-refractivity contribution < 1.29 is 4.79 Å². The zero-order valence-electron chi connectivity index (χ0n) is 6.94. The van der Waals surface area contributed by atoms with Gasteiger partial charge >= 0.3 is 0 Å². The Hall–Kier alpha value is 0.200. The smallest absolute Gasteiger partial charge is 0.228 e. The van der Waals surface area contributed by atoms with Crippen LogP contribution < -0.4 is 0 Å². The first-order chi connectivity index (χ1) is 4.39. The number of halogens is 1. The summed E-state index contributed by atoms with van der Waals surface area (Å²) in [5, 5.41) is 0. The van der Waals surface area contributed by atoms with E-state index in [0.29, 0.717) is 0 Å². The summed E-state index contributed by atoms with van der Waals surface area (Å²) < 4.78 is 0.758. The molecule has 0 aliphatic carbocycles. The van der Waals surface area contributed by atoms with Gasteiger partial charge in [-0.2, -0.15) is 0 Å². The second kappa shape index (κ2) is 3.55. The summed E-state index contributed by atoms with van der Waals surface area (Å²) in [5.74, 6) is 0.196. The van der Waals surface area contributed by atoms with Crippen LogP contribution in [0, 0.1) is 5.41 Å². The van der Waals surface area contributed by atoms with E-state index in [1.54, 1.807) is 4.90 Å². The summed E-state index contributed by atoms with van der Waals surface area (Å²) in [6.45, 7) is 5.79. The molecule has 0 fully saturated rings. The number of hydrogen-bond acceptors (Lipinski definition) is 1. The number of hydrogen-bond donors (Lipinski definition) is 0. The molecular weight excluding hydrogens is 241 g/mol. The van der Waals surface area contributed by atoms with Crippen molar-refractivity contribution in [2.24, 2.45) is 5.41 Å². The topological polar surface area (TPSA) is 20.3 Å². The Balaban J connectivity index is 4.09. The van der Waals surface area contributed by atoms with Crippen LogP contribution in [0.25, 0.3) is 0 Å². The van der Waals surface area contributed by atoms with Gasteiger partial charge in [-0.1, -0.05) is 43.4 Å². The van der Waals surface area contributed by atoms with Crippen LogP contribution in [0.4, 0.5) is 0 Å². The lowest BCUT2D eigenvalue weighted by atomic mass is 9.95. The quantitative estimate of drug-likeness (QED) is 0.398. The third kappa shape index (κ3) is 2.86. The number of nitrogens with zero attached hydrogens (tertiary/aromatic N) is 1. The Morgan fingerprint density at radius 1 is 1.50 bits per heavy atom. The first-order valence-electron chi connectivity index (χ1n) is 3.21. The summed E-state index contributed by atoms with van der Waals surface area (Å²) in [4.78, 5) is 13.0. The van der Waals surface area contributed by atoms with Crippen molar-refractivity contribution in [2.75, 3.05) is 11.6 Å². The third-order valence-electron chi connectivity index (χ3n) is 1.17. The van der Waals surface area contributed by atoms with Gasteiger partial charge in [0, 0.05) is 12.5 Å². The standard InChI is InChI=1S/C7H14INO/c1-7(2,3)6(10)9(4)5-8/h5H2,1-4H3. The van der Waals surface area contributed by atoms with E-state index in [1.165, 1.54) is 0 Å². The average Bonchev–Trinajstić information content (AvgIpc) is 1.83. The molecule has 0 unspecified atom stereocenters. The predicted octanol–water partition coefficient (Wildman–Crippen LogP) is 1.88. The summed E-state index contributed by atoms with van der Waals surface area (Å²) in [6, 6.07) is 0. The molecule has 0 bridgehead atoms. The fourth-order valence-corrected chi connectivity index (χ4v) is 0.937. The van der Waals surface area contributed by atoms with Crippen LogP contribution >= 0.6 is 22.6 Å². The van der Waals surface area contributed by atoms with E-state index in [0.717, 1.165) is 4.55 Å². The third-order valence-corrected chi connectivity index (χ3v) is 2.19. The van der Waals surface area contributed by atoms with Crippen molar-refractivity contribution in [1.82, 2.24) is 4.90 Å². The van der Waals surface area contributed by atoms with E-state index < -0.39 is 0 Å². The van der Waals surface area contributed by atoms with Gasteiger partial charge in [-0.05, 0) is 0 Å². The van der Waals surface area contributed by atoms with Crippen LogP contribution in [0.1, 0.15) is 20.8 Å². The monoisotopic (exact) mass is 255 g/mol. The molecule has 3 heteroatoms. The number of rotatable bonds is 1. The summed E-state index contributed by atoms with van der Waals surface area (Å²) in [5.41, 5.74) is -0.236. The van der Waals surface area contributed by atoms with Gasteiger partial charge in [0.2, 0.25) is 5.91 Å². The molecule has 0 saturated heterocycles. The molecule has 0 atom stereocenters. The van der Waals surface area contributed by atoms with Crippen LogP contribution in [0.3, 0.4) is 0 Å². The van der Waals surface area contributed by atoms with Gasteiger partial charge in [-0.25, -0.2) is 0 Å². The van der Waals surface area contributed by atoms with Crippen molar-refractivity contribution in [3.05, 3.63) is 0 Å². The van der Waals surface area contributed by atoms with Crippen molar-refractivity contribution in [1.29, 1.82) is 0 Å². The van der Waals surface area contributed by atoms with Crippen molar-refractivity contribution >= 4 is 28.5 Å². The van der Waals surface area contributed by atoms with Crippen LogP contribution in [-0.2, 0) is 4.79 Å². The van der Waals surface area contributed by atoms with E-state index in [-0.39, 0.29) is 11.3 Å². The lowest BCUT2D eigenvalue weighted by Gasteiger charge is -2.23. The minimum absolute atomic E-state index is 0.196. The minimum Gasteiger partial charge on any atom is -0.336 e. The first kappa shape index (κ1) is 10.2. The zero-order chi connectivity index (χ0) is 8.36. The zero-order valence-corrected chi connectivity index (χ0v) is 9.10. The molecule has 0 aromatic carbocycles. The van der Waals surface area contributed by atoms with Crippen LogP contribution in [0.15, 0.2) is 0 Å². The van der Waals surface area contributed by atoms with Gasteiger partial charge in [0.15, 0.2) is 0 Å². The molecule has 0 saturated carbocycles. The Bertz CT molecular complexity index is 128. The molecule has 0 spiro atoms. The molecule has 0 aliphatic rings. The maximum atomic E-state index is 11.3. The van der Waals surface area contributed by atoms with Crippen molar-refractivity contribution in [2.45, 2.75) is 20.8 Å². The second-order valence-electron chi connectivity index (χ2n) is 3.37. The normalized spacial score (nSPS) is 11.3. The molecule has 0 N–H and O–H groups in total. The summed E-state index contributed by atoms with van der Waals surface area (Å²) >= 11 is 2.17. The fourth-order valence-electron chi connectivity index (χ4n) is 0.627. The number of carbonyl (C=O) groups is 1. The maximum Gasteiger partial charge on any atom is 0.228 e. The lowest BCUT2D eigenvalue weighted by molar-refractivity contribution is -0.136. The van der Waals surface area contributed by atoms with E-state index in [1.807, 2.05) is 27.8 Å². The predicted molar refractivity (Wildman–Crippen MR) is 51.1 cm³/mol. The minimum atomic E-state index is -0.236. The molecule has 1 amide bonds. The highest BCUT2D eigenvalue weighted by molar-refractivity contribution is 14.1. The second-order valence-corrected chi connectivity index (χ2v) is 4.05. The fraction of sp³-hybridized carbons (Fsp3) is 0.857. The molecule has 2 nitrogen and oxygen atoms in total. The van der Waals surface area contributed by atoms with Crippen molar-refractivity contribution in [3.8, 4) is 0 Å². The Kier molecular flexibility index (Phi) is 3.62. The number of amides is 1. The molecular formula is C7H14INO. The maximum absolute atomic E-state index is 11.3. The van der Waals surface area contributed by atoms with Crippen LogP contribution in [0.5, 0.6) is 0 Å². The van der Waals surface area contributed by atoms with E-state index in [2.05, 4.69) is 22.6 Å². The average molecular weight is 255 g/mol. The highest BCUT2D eigenvalue weighted by Crippen LogP contribution is 2.16. The van der Waals surface area contributed by atoms with Crippen molar-refractivity contribution in [3.63, 3.8) is 0 Å². The Labute approximate surface area is 76.1 Å². The van der Waals surface area contributed by atoms with Gasteiger partial charge < -0.3 is 4.90 Å². The highest BCUT2D eigenvalue weighted by Gasteiger charge is 2.23. The first-order valence-corrected chi connectivity index (χ1v) is 4.73. The van der Waals surface area contributed by atoms with Crippen LogP contribution in [0.2, 0.25) is 0 Å². The Morgan fingerprint density at radius 3 is 2.00 bits per heavy atom. The largest absolute Gasteiger partial charge is 0.336 e. The molecule has 0 aromatic heterocycles. The number of alkyl halides is 1. The van der Waals surface area contributed by atoms with E-state index >= 15 is 0 Å². The summed E-state index contributed by atoms with van der Waals surface area (Å²) in [6.07, 6.45) is 0.